The second-order valence-electron chi connectivity index (χ2n) is 3.07. The van der Waals surface area contributed by atoms with Gasteiger partial charge in [-0.15, -0.1) is 0 Å². The Morgan fingerprint density at radius 3 is 2.71 bits per heavy atom. The highest BCUT2D eigenvalue weighted by Gasteiger charge is 2.38. The third-order valence-corrected chi connectivity index (χ3v) is 2.05. The maximum Gasteiger partial charge on any atom is 0.395 e. The lowest BCUT2D eigenvalue weighted by atomic mass is 9.92. The Bertz CT molecular complexity index is 320. The molecule has 0 aromatic rings. The van der Waals surface area contributed by atoms with E-state index < -0.39 is 12.1 Å². The van der Waals surface area contributed by atoms with E-state index >= 15 is 0 Å². The smallest absolute Gasteiger partial charge is 0.395 e. The monoisotopic (exact) mass is 202 g/mol. The maximum atomic E-state index is 12.3. The maximum absolute atomic E-state index is 12.3. The average molecular weight is 202 g/mol. The van der Waals surface area contributed by atoms with Crippen molar-refractivity contribution in [3.05, 3.63) is 23.4 Å². The fourth-order valence-electron chi connectivity index (χ4n) is 1.27. The summed E-state index contributed by atoms with van der Waals surface area (Å²) in [6, 6.07) is 1.78. The van der Waals surface area contributed by atoms with Crippen molar-refractivity contribution in [2.24, 2.45) is 11.7 Å². The molecule has 0 fully saturated rings. The first-order valence-corrected chi connectivity index (χ1v) is 4.05. The lowest BCUT2D eigenvalue weighted by molar-refractivity contribution is -0.160. The molecule has 0 radical (unpaired) electrons. The molecule has 5 heteroatoms. The number of rotatable bonds is 1. The molecular weight excluding hydrogens is 193 g/mol. The average Bonchev–Trinajstić information content (AvgIpc) is 2.07. The molecule has 0 saturated heterocycles. The molecule has 1 aliphatic rings. The Balaban J connectivity index is 2.86. The Morgan fingerprint density at radius 2 is 2.21 bits per heavy atom. The largest absolute Gasteiger partial charge is 0.399 e. The van der Waals surface area contributed by atoms with Crippen LogP contribution in [0.4, 0.5) is 13.2 Å². The van der Waals surface area contributed by atoms with Gasteiger partial charge in [0.25, 0.3) is 0 Å². The highest BCUT2D eigenvalue weighted by Crippen LogP contribution is 2.35. The zero-order chi connectivity index (χ0) is 10.8. The van der Waals surface area contributed by atoms with Crippen LogP contribution in [0.15, 0.2) is 23.4 Å². The fourth-order valence-corrected chi connectivity index (χ4v) is 1.27. The van der Waals surface area contributed by atoms with Crippen molar-refractivity contribution in [3.8, 4) is 6.07 Å². The van der Waals surface area contributed by atoms with Crippen molar-refractivity contribution in [1.29, 1.82) is 5.26 Å². The zero-order valence-corrected chi connectivity index (χ0v) is 7.30. The van der Waals surface area contributed by atoms with Crippen molar-refractivity contribution in [3.63, 3.8) is 0 Å². The first kappa shape index (κ1) is 10.6. The molecule has 2 nitrogen and oxygen atoms in total. The summed E-state index contributed by atoms with van der Waals surface area (Å²) >= 11 is 0. The van der Waals surface area contributed by atoms with Crippen LogP contribution in [0.25, 0.3) is 0 Å². The number of hydrogen-bond acceptors (Lipinski definition) is 2. The fraction of sp³-hybridized carbons (Fsp3) is 0.444. The quantitative estimate of drug-likeness (QED) is 0.708. The first-order valence-electron chi connectivity index (χ1n) is 4.05. The van der Waals surface area contributed by atoms with Gasteiger partial charge in [0.1, 0.15) is 0 Å². The minimum Gasteiger partial charge on any atom is -0.399 e. The van der Waals surface area contributed by atoms with Crippen molar-refractivity contribution in [1.82, 2.24) is 0 Å². The van der Waals surface area contributed by atoms with Gasteiger partial charge in [-0.25, -0.2) is 0 Å². The van der Waals surface area contributed by atoms with Gasteiger partial charge in [-0.1, -0.05) is 12.2 Å². The van der Waals surface area contributed by atoms with Crippen LogP contribution in [0.1, 0.15) is 12.8 Å². The summed E-state index contributed by atoms with van der Waals surface area (Å²) in [5.41, 5.74) is 6.01. The van der Waals surface area contributed by atoms with Crippen molar-refractivity contribution in [2.75, 3.05) is 0 Å². The Morgan fingerprint density at radius 1 is 1.57 bits per heavy atom. The predicted molar refractivity (Wildman–Crippen MR) is 44.7 cm³/mol. The molecule has 0 amide bonds. The summed E-state index contributed by atoms with van der Waals surface area (Å²) in [5, 5.41) is 8.37. The van der Waals surface area contributed by atoms with Crippen LogP contribution in [0.3, 0.4) is 0 Å². The van der Waals surface area contributed by atoms with Crippen molar-refractivity contribution >= 4 is 0 Å². The summed E-state index contributed by atoms with van der Waals surface area (Å²) in [7, 11) is 0. The van der Waals surface area contributed by atoms with Crippen LogP contribution < -0.4 is 5.73 Å². The minimum atomic E-state index is -4.25. The van der Waals surface area contributed by atoms with Gasteiger partial charge in [0.15, 0.2) is 0 Å². The number of nitriles is 1. The molecule has 0 heterocycles. The molecule has 1 unspecified atom stereocenters. The van der Waals surface area contributed by atoms with Crippen LogP contribution in [-0.4, -0.2) is 6.18 Å². The third-order valence-electron chi connectivity index (χ3n) is 2.05. The molecule has 0 aromatic carbocycles. The van der Waals surface area contributed by atoms with E-state index in [2.05, 4.69) is 0 Å². The third kappa shape index (κ3) is 2.28. The van der Waals surface area contributed by atoms with Crippen LogP contribution in [0, 0.1) is 17.2 Å². The highest BCUT2D eigenvalue weighted by molar-refractivity contribution is 5.34. The standard InChI is InChI=1S/C9H9F3N2/c10-9(11,12)7-1-2-8(14)6(5-7)3-4-13/h2,5,7H,1,3,14H2. The Kier molecular flexibility index (Phi) is 2.84. The molecule has 1 rings (SSSR count). The molecule has 0 aliphatic heterocycles. The molecule has 1 atom stereocenters. The van der Waals surface area contributed by atoms with Gasteiger partial charge in [-0.2, -0.15) is 18.4 Å². The van der Waals surface area contributed by atoms with E-state index in [1.165, 1.54) is 6.08 Å². The van der Waals surface area contributed by atoms with Gasteiger partial charge in [-0.3, -0.25) is 0 Å². The summed E-state index contributed by atoms with van der Waals surface area (Å²) < 4.78 is 36.9. The molecule has 0 saturated carbocycles. The summed E-state index contributed by atoms with van der Waals surface area (Å²) in [6.07, 6.45) is -2.10. The Labute approximate surface area is 79.5 Å². The van der Waals surface area contributed by atoms with Crippen molar-refractivity contribution < 1.29 is 13.2 Å². The normalized spacial score (nSPS) is 22.3. The Hall–Kier alpha value is -1.44. The second kappa shape index (κ2) is 3.74. The van der Waals surface area contributed by atoms with E-state index in [0.29, 0.717) is 0 Å². The predicted octanol–water partition coefficient (Wildman–Crippen LogP) is 2.25. The first-order chi connectivity index (χ1) is 6.45. The zero-order valence-electron chi connectivity index (χ0n) is 7.30. The SMILES string of the molecule is N#CCC1=CC(C(F)(F)F)CC=C1N. The topological polar surface area (TPSA) is 49.8 Å². The molecule has 14 heavy (non-hydrogen) atoms. The van der Waals surface area contributed by atoms with Gasteiger partial charge in [0, 0.05) is 5.70 Å². The molecule has 1 aliphatic carbocycles. The number of nitrogens with zero attached hydrogens (tertiary/aromatic N) is 1. The number of allylic oxidation sites excluding steroid dienone is 3. The van der Waals surface area contributed by atoms with Crippen molar-refractivity contribution in [2.45, 2.75) is 19.0 Å². The molecule has 0 spiro atoms. The lowest BCUT2D eigenvalue weighted by Gasteiger charge is -2.20. The minimum absolute atomic E-state index is 0.0745. The number of halogens is 3. The summed E-state index contributed by atoms with van der Waals surface area (Å²) in [4.78, 5) is 0. The van der Waals surface area contributed by atoms with Gasteiger partial charge in [-0.05, 0) is 12.0 Å². The number of nitrogens with two attached hydrogens (primary N) is 1. The van der Waals surface area contributed by atoms with Gasteiger partial charge in [0.05, 0.1) is 18.4 Å². The van der Waals surface area contributed by atoms with Crippen LogP contribution in [0.5, 0.6) is 0 Å². The summed E-state index contributed by atoms with van der Waals surface area (Å²) in [5.74, 6) is -1.50. The number of hydrogen-bond donors (Lipinski definition) is 1. The van der Waals surface area contributed by atoms with Gasteiger partial charge < -0.3 is 5.73 Å². The van der Waals surface area contributed by atoms with E-state index in [1.807, 2.05) is 0 Å². The van der Waals surface area contributed by atoms with Gasteiger partial charge >= 0.3 is 6.18 Å². The van der Waals surface area contributed by atoms with Crippen LogP contribution >= 0.6 is 0 Å². The van der Waals surface area contributed by atoms with Crippen LogP contribution in [0.2, 0.25) is 0 Å². The molecule has 2 N–H and O–H groups in total. The molecule has 76 valence electrons. The summed E-state index contributed by atoms with van der Waals surface area (Å²) in [6.45, 7) is 0. The lowest BCUT2D eigenvalue weighted by Crippen LogP contribution is -2.24. The van der Waals surface area contributed by atoms with E-state index in [9.17, 15) is 13.2 Å². The van der Waals surface area contributed by atoms with E-state index in [1.54, 1.807) is 6.07 Å². The van der Waals surface area contributed by atoms with E-state index in [4.69, 9.17) is 11.0 Å². The van der Waals surface area contributed by atoms with E-state index in [-0.39, 0.29) is 24.1 Å². The van der Waals surface area contributed by atoms with Gasteiger partial charge in [0.2, 0.25) is 0 Å². The molecular formula is C9H9F3N2. The number of alkyl halides is 3. The second-order valence-corrected chi connectivity index (χ2v) is 3.07. The molecule has 0 bridgehead atoms. The highest BCUT2D eigenvalue weighted by atomic mass is 19.4. The van der Waals surface area contributed by atoms with Crippen LogP contribution in [-0.2, 0) is 0 Å². The van der Waals surface area contributed by atoms with E-state index in [0.717, 1.165) is 6.08 Å². The molecule has 0 aromatic heterocycles.